The van der Waals surface area contributed by atoms with Crippen LogP contribution in [0.2, 0.25) is 0 Å². The summed E-state index contributed by atoms with van der Waals surface area (Å²) >= 11 is 0. The summed E-state index contributed by atoms with van der Waals surface area (Å²) in [6, 6.07) is 16.8. The first kappa shape index (κ1) is 18.2. The van der Waals surface area contributed by atoms with Gasteiger partial charge in [0.2, 0.25) is 0 Å². The first-order chi connectivity index (χ1) is 11.7. The average molecular weight is 346 g/mol. The van der Waals surface area contributed by atoms with E-state index in [-0.39, 0.29) is 6.03 Å². The predicted molar refractivity (Wildman–Crippen MR) is 95.1 cm³/mol. The first-order valence-corrected chi connectivity index (χ1v) is 9.03. The van der Waals surface area contributed by atoms with Gasteiger partial charge in [0.05, 0.1) is 17.4 Å². The molecule has 2 aromatic carbocycles. The number of carbonyl (C=O) groups excluding carboxylic acids is 1. The van der Waals surface area contributed by atoms with Crippen LogP contribution in [0.3, 0.4) is 0 Å². The van der Waals surface area contributed by atoms with Gasteiger partial charge in [0.25, 0.3) is 0 Å². The molecule has 0 radical (unpaired) electrons. The highest BCUT2D eigenvalue weighted by molar-refractivity contribution is 7.85. The predicted octanol–water partition coefficient (Wildman–Crippen LogP) is 2.44. The summed E-state index contributed by atoms with van der Waals surface area (Å²) in [6.07, 6.45) is 0. The maximum Gasteiger partial charge on any atom is 0.315 e. The van der Waals surface area contributed by atoms with Crippen LogP contribution in [0.5, 0.6) is 0 Å². The van der Waals surface area contributed by atoms with Crippen LogP contribution in [0, 0.1) is 0 Å². The summed E-state index contributed by atoms with van der Waals surface area (Å²) in [5.74, 6) is 0.387. The molecular formula is C18H22N2O3S. The first-order valence-electron chi connectivity index (χ1n) is 7.71. The van der Waals surface area contributed by atoms with Crippen LogP contribution in [0.15, 0.2) is 59.5 Å². The number of benzene rings is 2. The number of hydrogen-bond acceptors (Lipinski definition) is 3. The van der Waals surface area contributed by atoms with Crippen LogP contribution >= 0.6 is 0 Å². The van der Waals surface area contributed by atoms with Crippen LogP contribution in [0.4, 0.5) is 4.79 Å². The van der Waals surface area contributed by atoms with Crippen LogP contribution in [-0.4, -0.2) is 29.6 Å². The highest BCUT2D eigenvalue weighted by Gasteiger charge is 2.06. The Hall–Kier alpha value is -2.18. The SMILES string of the molecule is COCc1ccccc1CNC(=O)NCC[S@](=O)c1ccccc1. The lowest BCUT2D eigenvalue weighted by molar-refractivity contribution is 0.184. The number of methoxy groups -OCH3 is 1. The molecule has 0 aliphatic carbocycles. The van der Waals surface area contributed by atoms with Gasteiger partial charge in [-0.1, -0.05) is 42.5 Å². The summed E-state index contributed by atoms with van der Waals surface area (Å²) in [4.78, 5) is 12.6. The second kappa shape index (κ2) is 9.85. The van der Waals surface area contributed by atoms with Crippen molar-refractivity contribution in [2.24, 2.45) is 0 Å². The van der Waals surface area contributed by atoms with E-state index in [1.165, 1.54) is 0 Å². The second-order valence-corrected chi connectivity index (χ2v) is 6.74. The van der Waals surface area contributed by atoms with E-state index in [0.717, 1.165) is 16.0 Å². The van der Waals surface area contributed by atoms with Gasteiger partial charge in [0.15, 0.2) is 0 Å². The molecule has 0 fully saturated rings. The van der Waals surface area contributed by atoms with Gasteiger partial charge in [-0.2, -0.15) is 0 Å². The summed E-state index contributed by atoms with van der Waals surface area (Å²) in [5, 5.41) is 5.54. The van der Waals surface area contributed by atoms with Crippen LogP contribution < -0.4 is 10.6 Å². The summed E-state index contributed by atoms with van der Waals surface area (Å²) < 4.78 is 17.2. The van der Waals surface area contributed by atoms with E-state index in [2.05, 4.69) is 10.6 Å². The molecule has 2 aromatic rings. The highest BCUT2D eigenvalue weighted by Crippen LogP contribution is 2.09. The van der Waals surface area contributed by atoms with Gasteiger partial charge < -0.3 is 15.4 Å². The molecule has 2 amide bonds. The number of nitrogens with one attached hydrogen (secondary N) is 2. The Morgan fingerprint density at radius 1 is 1.00 bits per heavy atom. The molecule has 0 aromatic heterocycles. The fourth-order valence-corrected chi connectivity index (χ4v) is 3.20. The Morgan fingerprint density at radius 3 is 2.38 bits per heavy atom. The molecule has 0 heterocycles. The number of amides is 2. The van der Waals surface area contributed by atoms with Gasteiger partial charge in [-0.25, -0.2) is 4.79 Å². The second-order valence-electron chi connectivity index (χ2n) is 5.17. The van der Waals surface area contributed by atoms with Gasteiger partial charge in [-0.05, 0) is 23.3 Å². The largest absolute Gasteiger partial charge is 0.380 e. The number of carbonyl (C=O) groups is 1. The Bertz CT molecular complexity index is 677. The van der Waals surface area contributed by atoms with Crippen molar-refractivity contribution in [3.05, 3.63) is 65.7 Å². The molecule has 2 rings (SSSR count). The third-order valence-corrected chi connectivity index (χ3v) is 4.81. The zero-order valence-corrected chi connectivity index (χ0v) is 14.5. The Labute approximate surface area is 144 Å². The van der Waals surface area contributed by atoms with Gasteiger partial charge in [0.1, 0.15) is 0 Å². The zero-order valence-electron chi connectivity index (χ0n) is 13.7. The number of urea groups is 1. The molecule has 0 saturated carbocycles. The molecule has 0 bridgehead atoms. The minimum absolute atomic E-state index is 0.271. The lowest BCUT2D eigenvalue weighted by Crippen LogP contribution is -2.37. The normalized spacial score (nSPS) is 11.7. The molecular weight excluding hydrogens is 324 g/mol. The van der Waals surface area contributed by atoms with Crippen molar-refractivity contribution in [1.82, 2.24) is 10.6 Å². The van der Waals surface area contributed by atoms with E-state index in [9.17, 15) is 9.00 Å². The molecule has 0 aliphatic rings. The summed E-state index contributed by atoms with van der Waals surface area (Å²) in [5.41, 5.74) is 2.06. The average Bonchev–Trinajstić information content (AvgIpc) is 2.62. The minimum Gasteiger partial charge on any atom is -0.380 e. The smallest absolute Gasteiger partial charge is 0.315 e. The molecule has 24 heavy (non-hydrogen) atoms. The van der Waals surface area contributed by atoms with Gasteiger partial charge in [-0.3, -0.25) is 4.21 Å². The molecule has 0 unspecified atom stereocenters. The molecule has 6 heteroatoms. The Morgan fingerprint density at radius 2 is 1.67 bits per heavy atom. The Balaban J connectivity index is 1.73. The fourth-order valence-electron chi connectivity index (χ4n) is 2.21. The molecule has 128 valence electrons. The van der Waals surface area contributed by atoms with Crippen molar-refractivity contribution in [1.29, 1.82) is 0 Å². The van der Waals surface area contributed by atoms with Crippen molar-refractivity contribution in [2.45, 2.75) is 18.0 Å². The van der Waals surface area contributed by atoms with Crippen LogP contribution in [0.1, 0.15) is 11.1 Å². The summed E-state index contributed by atoms with van der Waals surface area (Å²) in [7, 11) is 0.538. The highest BCUT2D eigenvalue weighted by atomic mass is 32.2. The van der Waals surface area contributed by atoms with Crippen molar-refractivity contribution in [3.63, 3.8) is 0 Å². The molecule has 0 saturated heterocycles. The molecule has 2 N–H and O–H groups in total. The molecule has 1 atom stereocenters. The summed E-state index contributed by atoms with van der Waals surface area (Å²) in [6.45, 7) is 1.29. The topological polar surface area (TPSA) is 67.4 Å². The standard InChI is InChI=1S/C18H22N2O3S/c1-23-14-16-8-6-5-7-15(16)13-20-18(21)19-11-12-24(22)17-9-3-2-4-10-17/h2-10H,11-14H2,1H3,(H2,19,20,21)/t24-/m0/s1. The number of ether oxygens (including phenoxy) is 1. The molecule has 5 nitrogen and oxygen atoms in total. The van der Waals surface area contributed by atoms with Crippen molar-refractivity contribution >= 4 is 16.8 Å². The van der Waals surface area contributed by atoms with Crippen molar-refractivity contribution < 1.29 is 13.7 Å². The van der Waals surface area contributed by atoms with Gasteiger partial charge >= 0.3 is 6.03 Å². The minimum atomic E-state index is -1.11. The fraction of sp³-hybridized carbons (Fsp3) is 0.278. The van der Waals surface area contributed by atoms with E-state index in [1.807, 2.05) is 54.6 Å². The van der Waals surface area contributed by atoms with Gasteiger partial charge in [-0.15, -0.1) is 0 Å². The number of hydrogen-bond donors (Lipinski definition) is 2. The third-order valence-electron chi connectivity index (χ3n) is 3.44. The Kier molecular flexibility index (Phi) is 7.45. The molecule has 0 spiro atoms. The van der Waals surface area contributed by atoms with Crippen molar-refractivity contribution in [2.75, 3.05) is 19.4 Å². The molecule has 0 aliphatic heterocycles. The van der Waals surface area contributed by atoms with E-state index < -0.39 is 10.8 Å². The van der Waals surface area contributed by atoms with E-state index in [1.54, 1.807) is 7.11 Å². The van der Waals surface area contributed by atoms with E-state index in [0.29, 0.717) is 25.4 Å². The van der Waals surface area contributed by atoms with E-state index >= 15 is 0 Å². The van der Waals surface area contributed by atoms with Gasteiger partial charge in [0, 0.05) is 30.8 Å². The maximum absolute atomic E-state index is 12.0. The third kappa shape index (κ3) is 5.79. The van der Waals surface area contributed by atoms with Crippen LogP contribution in [-0.2, 0) is 28.7 Å². The van der Waals surface area contributed by atoms with Crippen molar-refractivity contribution in [3.8, 4) is 0 Å². The van der Waals surface area contributed by atoms with E-state index in [4.69, 9.17) is 4.74 Å². The number of rotatable bonds is 8. The monoisotopic (exact) mass is 346 g/mol. The quantitative estimate of drug-likeness (QED) is 0.771. The van der Waals surface area contributed by atoms with Crippen LogP contribution in [0.25, 0.3) is 0 Å². The maximum atomic E-state index is 12.0. The zero-order chi connectivity index (χ0) is 17.2. The lowest BCUT2D eigenvalue weighted by atomic mass is 10.1. The lowest BCUT2D eigenvalue weighted by Gasteiger charge is -2.11.